The van der Waals surface area contributed by atoms with Crippen molar-refractivity contribution in [1.29, 1.82) is 0 Å². The highest BCUT2D eigenvalue weighted by molar-refractivity contribution is 6.32. The molecule has 5 nitrogen and oxygen atoms in total. The highest BCUT2D eigenvalue weighted by atomic mass is 35.5. The van der Waals surface area contributed by atoms with Crippen molar-refractivity contribution >= 4 is 29.2 Å². The maximum atomic E-state index is 12.2. The second-order valence-electron chi connectivity index (χ2n) is 4.60. The van der Waals surface area contributed by atoms with E-state index in [1.54, 1.807) is 43.3 Å². The van der Waals surface area contributed by atoms with Crippen LogP contribution >= 0.6 is 11.6 Å². The van der Waals surface area contributed by atoms with E-state index in [1.807, 2.05) is 0 Å². The average molecular weight is 334 g/mol. The molecule has 0 unspecified atom stereocenters. The number of benzene rings is 2. The third kappa shape index (κ3) is 4.23. The third-order valence-electron chi connectivity index (χ3n) is 3.07. The number of rotatable bonds is 5. The summed E-state index contributed by atoms with van der Waals surface area (Å²) >= 11 is 6.01. The Hall–Kier alpha value is -2.53. The largest absolute Gasteiger partial charge is 0.495 e. The Morgan fingerprint density at radius 1 is 1.09 bits per heavy atom. The number of amides is 1. The number of nitrogens with one attached hydrogen (secondary N) is 1. The number of ether oxygens (including phenoxy) is 2. The van der Waals surface area contributed by atoms with Gasteiger partial charge in [0.15, 0.2) is 0 Å². The van der Waals surface area contributed by atoms with E-state index in [1.165, 1.54) is 13.2 Å². The highest BCUT2D eigenvalue weighted by Gasteiger charge is 2.10. The molecule has 0 bridgehead atoms. The van der Waals surface area contributed by atoms with Crippen LogP contribution in [0.1, 0.15) is 27.6 Å². The summed E-state index contributed by atoms with van der Waals surface area (Å²) in [7, 11) is 1.51. The lowest BCUT2D eigenvalue weighted by atomic mass is 10.1. The van der Waals surface area contributed by atoms with Crippen molar-refractivity contribution in [3.8, 4) is 5.75 Å². The summed E-state index contributed by atoms with van der Waals surface area (Å²) < 4.78 is 9.95. The minimum atomic E-state index is -0.396. The Morgan fingerprint density at radius 3 is 2.30 bits per heavy atom. The van der Waals surface area contributed by atoms with Crippen LogP contribution in [0.15, 0.2) is 42.5 Å². The van der Waals surface area contributed by atoms with Crippen LogP contribution in [0.5, 0.6) is 5.75 Å². The van der Waals surface area contributed by atoms with E-state index >= 15 is 0 Å². The predicted molar refractivity (Wildman–Crippen MR) is 88.4 cm³/mol. The van der Waals surface area contributed by atoms with Gasteiger partial charge >= 0.3 is 5.97 Å². The summed E-state index contributed by atoms with van der Waals surface area (Å²) in [5, 5.41) is 3.09. The Balaban J connectivity index is 2.08. The van der Waals surface area contributed by atoms with Gasteiger partial charge in [-0.05, 0) is 49.4 Å². The fraction of sp³-hybridized carbons (Fsp3) is 0.176. The molecule has 2 aromatic carbocycles. The van der Waals surface area contributed by atoms with Gasteiger partial charge in [-0.25, -0.2) is 4.79 Å². The summed E-state index contributed by atoms with van der Waals surface area (Å²) in [5.74, 6) is -0.201. The van der Waals surface area contributed by atoms with E-state index in [0.29, 0.717) is 34.2 Å². The first kappa shape index (κ1) is 16.8. The molecule has 0 saturated carbocycles. The van der Waals surface area contributed by atoms with Crippen molar-refractivity contribution in [3.05, 3.63) is 58.6 Å². The lowest BCUT2D eigenvalue weighted by Crippen LogP contribution is -2.12. The van der Waals surface area contributed by atoms with E-state index in [0.717, 1.165) is 0 Å². The summed E-state index contributed by atoms with van der Waals surface area (Å²) in [4.78, 5) is 23.7. The van der Waals surface area contributed by atoms with Crippen molar-refractivity contribution in [2.45, 2.75) is 6.92 Å². The van der Waals surface area contributed by atoms with Crippen molar-refractivity contribution in [2.75, 3.05) is 19.0 Å². The molecule has 6 heteroatoms. The van der Waals surface area contributed by atoms with Crippen LogP contribution in [0.25, 0.3) is 0 Å². The molecule has 2 rings (SSSR count). The quantitative estimate of drug-likeness (QED) is 0.846. The molecule has 2 aromatic rings. The Morgan fingerprint density at radius 2 is 1.74 bits per heavy atom. The van der Waals surface area contributed by atoms with Gasteiger partial charge in [-0.3, -0.25) is 4.79 Å². The molecule has 23 heavy (non-hydrogen) atoms. The number of esters is 1. The minimum absolute atomic E-state index is 0.307. The molecule has 0 saturated heterocycles. The smallest absolute Gasteiger partial charge is 0.338 e. The van der Waals surface area contributed by atoms with Crippen LogP contribution in [0.3, 0.4) is 0 Å². The second-order valence-corrected chi connectivity index (χ2v) is 5.01. The van der Waals surface area contributed by atoms with Crippen molar-refractivity contribution in [1.82, 2.24) is 0 Å². The average Bonchev–Trinajstić information content (AvgIpc) is 2.55. The number of carbonyl (C=O) groups excluding carboxylic acids is 2. The van der Waals surface area contributed by atoms with Gasteiger partial charge in [-0.1, -0.05) is 11.6 Å². The number of methoxy groups -OCH3 is 1. The molecule has 0 aliphatic heterocycles. The fourth-order valence-electron chi connectivity index (χ4n) is 1.91. The van der Waals surface area contributed by atoms with Crippen LogP contribution in [-0.2, 0) is 4.74 Å². The number of hydrogen-bond donors (Lipinski definition) is 1. The molecule has 0 aliphatic carbocycles. The first-order valence-electron chi connectivity index (χ1n) is 6.97. The first-order chi connectivity index (χ1) is 11.0. The zero-order valence-electron chi connectivity index (χ0n) is 12.8. The number of anilines is 1. The van der Waals surface area contributed by atoms with Crippen LogP contribution in [0.2, 0.25) is 5.02 Å². The Labute approximate surface area is 139 Å². The molecule has 0 aliphatic rings. The molecular formula is C17H16ClNO4. The standard InChI is InChI=1S/C17H16ClNO4/c1-3-23-17(21)11-4-7-13(8-5-11)19-16(20)12-6-9-15(22-2)14(18)10-12/h4-10H,3H2,1-2H3,(H,19,20). The maximum absolute atomic E-state index is 12.2. The van der Waals surface area contributed by atoms with Gasteiger partial charge in [0.1, 0.15) is 5.75 Å². The number of halogens is 1. The van der Waals surface area contributed by atoms with E-state index in [2.05, 4.69) is 5.32 Å². The Bertz CT molecular complexity index is 713. The van der Waals surface area contributed by atoms with Gasteiger partial charge in [0, 0.05) is 11.3 Å². The zero-order valence-corrected chi connectivity index (χ0v) is 13.5. The second kappa shape index (κ2) is 7.65. The molecule has 120 valence electrons. The molecular weight excluding hydrogens is 318 g/mol. The fourth-order valence-corrected chi connectivity index (χ4v) is 2.17. The molecule has 1 N–H and O–H groups in total. The van der Waals surface area contributed by atoms with Crippen LogP contribution in [0.4, 0.5) is 5.69 Å². The molecule has 0 radical (unpaired) electrons. The molecule has 0 aromatic heterocycles. The summed E-state index contributed by atoms with van der Waals surface area (Å²) in [6, 6.07) is 11.2. The number of carbonyl (C=O) groups is 2. The first-order valence-corrected chi connectivity index (χ1v) is 7.35. The maximum Gasteiger partial charge on any atom is 0.338 e. The van der Waals surface area contributed by atoms with E-state index in [4.69, 9.17) is 21.1 Å². The van der Waals surface area contributed by atoms with Gasteiger partial charge in [0.05, 0.1) is 24.3 Å². The van der Waals surface area contributed by atoms with Crippen LogP contribution in [-0.4, -0.2) is 25.6 Å². The lowest BCUT2D eigenvalue weighted by Gasteiger charge is -2.08. The van der Waals surface area contributed by atoms with Gasteiger partial charge in [-0.2, -0.15) is 0 Å². The normalized spacial score (nSPS) is 10.0. The van der Waals surface area contributed by atoms with Gasteiger partial charge in [0.25, 0.3) is 5.91 Å². The topological polar surface area (TPSA) is 64.6 Å². The summed E-state index contributed by atoms with van der Waals surface area (Å²) in [5.41, 5.74) is 1.40. The molecule has 1 amide bonds. The van der Waals surface area contributed by atoms with E-state index in [-0.39, 0.29) is 5.91 Å². The highest BCUT2D eigenvalue weighted by Crippen LogP contribution is 2.25. The monoisotopic (exact) mass is 333 g/mol. The van der Waals surface area contributed by atoms with E-state index < -0.39 is 5.97 Å². The van der Waals surface area contributed by atoms with Gasteiger partial charge in [0.2, 0.25) is 0 Å². The van der Waals surface area contributed by atoms with Gasteiger partial charge < -0.3 is 14.8 Å². The summed E-state index contributed by atoms with van der Waals surface area (Å²) in [6.07, 6.45) is 0. The van der Waals surface area contributed by atoms with Crippen molar-refractivity contribution in [2.24, 2.45) is 0 Å². The minimum Gasteiger partial charge on any atom is -0.495 e. The molecule has 0 heterocycles. The predicted octanol–water partition coefficient (Wildman–Crippen LogP) is 3.78. The van der Waals surface area contributed by atoms with E-state index in [9.17, 15) is 9.59 Å². The molecule has 0 fully saturated rings. The number of hydrogen-bond acceptors (Lipinski definition) is 4. The SMILES string of the molecule is CCOC(=O)c1ccc(NC(=O)c2ccc(OC)c(Cl)c2)cc1. The van der Waals surface area contributed by atoms with Crippen molar-refractivity contribution < 1.29 is 19.1 Å². The van der Waals surface area contributed by atoms with Crippen LogP contribution < -0.4 is 10.1 Å². The van der Waals surface area contributed by atoms with Crippen LogP contribution in [0, 0.1) is 0 Å². The lowest BCUT2D eigenvalue weighted by molar-refractivity contribution is 0.0526. The Kier molecular flexibility index (Phi) is 5.60. The molecule has 0 spiro atoms. The van der Waals surface area contributed by atoms with Crippen molar-refractivity contribution in [3.63, 3.8) is 0 Å². The zero-order chi connectivity index (χ0) is 16.8. The summed E-state index contributed by atoms with van der Waals surface area (Å²) in [6.45, 7) is 2.06. The molecule has 0 atom stereocenters. The third-order valence-corrected chi connectivity index (χ3v) is 3.36. The van der Waals surface area contributed by atoms with Gasteiger partial charge in [-0.15, -0.1) is 0 Å².